The zero-order valence-corrected chi connectivity index (χ0v) is 17.5. The molecular formula is C19H29N5O4S. The average Bonchev–Trinajstić information content (AvgIpc) is 2.72. The smallest absolute Gasteiger partial charge is 0.242 e. The van der Waals surface area contributed by atoms with Gasteiger partial charge in [0.25, 0.3) is 0 Å². The summed E-state index contributed by atoms with van der Waals surface area (Å²) in [6.07, 6.45) is 2.20. The average molecular weight is 424 g/mol. The normalized spacial score (nSPS) is 20.0. The van der Waals surface area contributed by atoms with E-state index in [1.165, 1.54) is 12.1 Å². The molecular weight excluding hydrogens is 394 g/mol. The quantitative estimate of drug-likeness (QED) is 0.642. The fourth-order valence-electron chi connectivity index (χ4n) is 3.60. The molecule has 2 aliphatic rings. The third-order valence-electron chi connectivity index (χ3n) is 5.41. The van der Waals surface area contributed by atoms with Gasteiger partial charge in [-0.2, -0.15) is 4.72 Å². The molecule has 2 saturated heterocycles. The van der Waals surface area contributed by atoms with Crippen molar-refractivity contribution >= 4 is 27.5 Å². The molecule has 0 aliphatic carbocycles. The number of sulfonamides is 1. The first-order valence-electron chi connectivity index (χ1n) is 9.92. The first-order chi connectivity index (χ1) is 13.8. The molecule has 0 bridgehead atoms. The number of likely N-dealkylation sites (N-methyl/N-ethyl adjacent to an activating group) is 1. The number of nitrogens with one attached hydrogen (secondary N) is 1. The highest BCUT2D eigenvalue weighted by Crippen LogP contribution is 2.24. The Labute approximate surface area is 171 Å². The molecule has 0 unspecified atom stereocenters. The van der Waals surface area contributed by atoms with Gasteiger partial charge >= 0.3 is 0 Å². The summed E-state index contributed by atoms with van der Waals surface area (Å²) >= 11 is 0. The van der Waals surface area contributed by atoms with Crippen LogP contribution in [0.5, 0.6) is 0 Å². The predicted molar refractivity (Wildman–Crippen MR) is 110 cm³/mol. The van der Waals surface area contributed by atoms with Crippen molar-refractivity contribution in [3.63, 3.8) is 0 Å². The third-order valence-corrected chi connectivity index (χ3v) is 6.88. The Morgan fingerprint density at radius 2 is 1.90 bits per heavy atom. The number of benzene rings is 1. The van der Waals surface area contributed by atoms with Crippen LogP contribution < -0.4 is 15.4 Å². The van der Waals surface area contributed by atoms with Crippen LogP contribution in [-0.4, -0.2) is 82.4 Å². The summed E-state index contributed by atoms with van der Waals surface area (Å²) in [5.41, 5.74) is 6.27. The van der Waals surface area contributed by atoms with E-state index in [4.69, 9.17) is 5.73 Å². The number of nitrogens with zero attached hydrogens (tertiary/aromatic N) is 3. The number of nitrogens with two attached hydrogens (primary N) is 1. The van der Waals surface area contributed by atoms with E-state index >= 15 is 0 Å². The van der Waals surface area contributed by atoms with Crippen molar-refractivity contribution in [1.29, 1.82) is 0 Å². The monoisotopic (exact) mass is 423 g/mol. The standard InChI is InChI=1S/C19H29N5O4S/c1-22-9-11-23(12-10-22)19(26)17(14-20)21-29(27,28)16-6-4-5-15(13-16)24-8-3-2-7-18(24)25/h4-6,13,17,21H,2-3,7-12,14,20H2,1H3/t17-/m0/s1. The molecule has 9 nitrogen and oxygen atoms in total. The maximum Gasteiger partial charge on any atom is 0.242 e. The summed E-state index contributed by atoms with van der Waals surface area (Å²) in [4.78, 5) is 30.3. The SMILES string of the molecule is CN1CCN(C(=O)[C@H](CN)NS(=O)(=O)c2cccc(N3CCCCC3=O)c2)CC1. The van der Waals surface area contributed by atoms with E-state index in [-0.39, 0.29) is 23.3 Å². The zero-order chi connectivity index (χ0) is 21.0. The summed E-state index contributed by atoms with van der Waals surface area (Å²) in [6.45, 7) is 3.00. The fourth-order valence-corrected chi connectivity index (χ4v) is 4.84. The number of carbonyl (C=O) groups is 2. The molecule has 2 aliphatic heterocycles. The molecule has 0 radical (unpaired) electrons. The summed E-state index contributed by atoms with van der Waals surface area (Å²) in [5.74, 6) is -0.324. The van der Waals surface area contributed by atoms with Gasteiger partial charge in [-0.15, -0.1) is 0 Å². The molecule has 1 atom stereocenters. The maximum absolute atomic E-state index is 12.9. The van der Waals surface area contributed by atoms with Gasteiger partial charge in [-0.25, -0.2) is 8.42 Å². The van der Waals surface area contributed by atoms with Gasteiger partial charge in [-0.1, -0.05) is 6.07 Å². The largest absolute Gasteiger partial charge is 0.339 e. The maximum atomic E-state index is 12.9. The van der Waals surface area contributed by atoms with E-state index < -0.39 is 16.1 Å². The predicted octanol–water partition coefficient (Wildman–Crippen LogP) is -0.417. The summed E-state index contributed by atoms with van der Waals surface area (Å²) in [6, 6.07) is 5.22. The van der Waals surface area contributed by atoms with Crippen LogP contribution in [0.3, 0.4) is 0 Å². The molecule has 3 N–H and O–H groups in total. The van der Waals surface area contributed by atoms with Crippen LogP contribution in [0.25, 0.3) is 0 Å². The summed E-state index contributed by atoms with van der Waals surface area (Å²) < 4.78 is 28.3. The van der Waals surface area contributed by atoms with E-state index in [1.807, 2.05) is 7.05 Å². The van der Waals surface area contributed by atoms with Gasteiger partial charge in [0.1, 0.15) is 6.04 Å². The van der Waals surface area contributed by atoms with Crippen LogP contribution in [0.15, 0.2) is 29.2 Å². The van der Waals surface area contributed by atoms with Crippen molar-refractivity contribution in [3.05, 3.63) is 24.3 Å². The first-order valence-corrected chi connectivity index (χ1v) is 11.4. The number of piperazine rings is 1. The molecule has 0 aromatic heterocycles. The number of piperidine rings is 1. The molecule has 1 aromatic rings. The molecule has 2 fully saturated rings. The number of hydrogen-bond donors (Lipinski definition) is 2. The molecule has 0 saturated carbocycles. The molecule has 0 spiro atoms. The number of hydrogen-bond acceptors (Lipinski definition) is 6. The topological polar surface area (TPSA) is 116 Å². The zero-order valence-electron chi connectivity index (χ0n) is 16.7. The third kappa shape index (κ3) is 5.13. The van der Waals surface area contributed by atoms with Crippen LogP contribution >= 0.6 is 0 Å². The second-order valence-corrected chi connectivity index (χ2v) is 9.25. The van der Waals surface area contributed by atoms with Crippen LogP contribution in [0.1, 0.15) is 19.3 Å². The van der Waals surface area contributed by atoms with Crippen molar-refractivity contribution < 1.29 is 18.0 Å². The summed E-state index contributed by atoms with van der Waals surface area (Å²) in [7, 11) is -1.99. The number of rotatable bonds is 6. The molecule has 3 rings (SSSR count). The van der Waals surface area contributed by atoms with E-state index in [0.29, 0.717) is 31.7 Å². The lowest BCUT2D eigenvalue weighted by atomic mass is 10.1. The van der Waals surface area contributed by atoms with Gasteiger partial charge in [0.05, 0.1) is 4.90 Å². The minimum atomic E-state index is -3.97. The van der Waals surface area contributed by atoms with Gasteiger partial charge < -0.3 is 20.4 Å². The molecule has 29 heavy (non-hydrogen) atoms. The molecule has 10 heteroatoms. The molecule has 2 amide bonds. The first kappa shape index (κ1) is 21.7. The summed E-state index contributed by atoms with van der Waals surface area (Å²) in [5, 5.41) is 0. The van der Waals surface area contributed by atoms with Gasteiger partial charge in [-0.05, 0) is 38.1 Å². The lowest BCUT2D eigenvalue weighted by molar-refractivity contribution is -0.134. The van der Waals surface area contributed by atoms with E-state index in [1.54, 1.807) is 21.9 Å². The van der Waals surface area contributed by atoms with E-state index in [9.17, 15) is 18.0 Å². The van der Waals surface area contributed by atoms with Crippen LogP contribution in [-0.2, 0) is 19.6 Å². The second kappa shape index (κ2) is 9.21. The van der Waals surface area contributed by atoms with Crippen molar-refractivity contribution in [2.75, 3.05) is 51.2 Å². The van der Waals surface area contributed by atoms with Gasteiger partial charge in [0.15, 0.2) is 0 Å². The number of amides is 2. The Morgan fingerprint density at radius 3 is 2.55 bits per heavy atom. The highest BCUT2D eigenvalue weighted by atomic mass is 32.2. The van der Waals surface area contributed by atoms with Crippen LogP contribution in [0.2, 0.25) is 0 Å². The minimum absolute atomic E-state index is 0.0103. The number of carbonyl (C=O) groups excluding carboxylic acids is 2. The van der Waals surface area contributed by atoms with Crippen molar-refractivity contribution in [2.45, 2.75) is 30.2 Å². The molecule has 1 aromatic carbocycles. The van der Waals surface area contributed by atoms with Gasteiger partial charge in [0, 0.05) is 51.4 Å². The Bertz CT molecular complexity index is 852. The van der Waals surface area contributed by atoms with Gasteiger partial charge in [-0.3, -0.25) is 9.59 Å². The highest BCUT2D eigenvalue weighted by molar-refractivity contribution is 7.89. The fraction of sp³-hybridized carbons (Fsp3) is 0.579. The van der Waals surface area contributed by atoms with Crippen molar-refractivity contribution in [3.8, 4) is 0 Å². The van der Waals surface area contributed by atoms with Crippen molar-refractivity contribution in [1.82, 2.24) is 14.5 Å². The Morgan fingerprint density at radius 1 is 1.17 bits per heavy atom. The molecule has 160 valence electrons. The number of anilines is 1. The highest BCUT2D eigenvalue weighted by Gasteiger charge is 2.30. The van der Waals surface area contributed by atoms with E-state index in [0.717, 1.165) is 25.9 Å². The van der Waals surface area contributed by atoms with Crippen LogP contribution in [0, 0.1) is 0 Å². The minimum Gasteiger partial charge on any atom is -0.339 e. The lowest BCUT2D eigenvalue weighted by Crippen LogP contribution is -2.56. The second-order valence-electron chi connectivity index (χ2n) is 7.54. The molecule has 2 heterocycles. The van der Waals surface area contributed by atoms with Crippen molar-refractivity contribution in [2.24, 2.45) is 5.73 Å². The van der Waals surface area contributed by atoms with Crippen LogP contribution in [0.4, 0.5) is 5.69 Å². The van der Waals surface area contributed by atoms with E-state index in [2.05, 4.69) is 9.62 Å². The Balaban J connectivity index is 1.75. The lowest BCUT2D eigenvalue weighted by Gasteiger charge is -2.34. The van der Waals surface area contributed by atoms with Gasteiger partial charge in [0.2, 0.25) is 21.8 Å². The Kier molecular flexibility index (Phi) is 6.89. The Hall–Kier alpha value is -2.01.